The third kappa shape index (κ3) is 0.886. The molecular weight excluding hydrogens is 164 g/mol. The third-order valence-corrected chi connectivity index (χ3v) is 2.28. The standard InChI is InChI=1S/C11H8O2/c1-2-8-4-6-12-10(8)11-9(3-1)5-7-13-11/h1-2,4-7H,3H2. The van der Waals surface area contributed by atoms with Gasteiger partial charge in [0.1, 0.15) is 0 Å². The van der Waals surface area contributed by atoms with Gasteiger partial charge in [-0.2, -0.15) is 0 Å². The Hall–Kier alpha value is -1.70. The lowest BCUT2D eigenvalue weighted by atomic mass is 10.2. The minimum absolute atomic E-state index is 0.841. The predicted octanol–water partition coefficient (Wildman–Crippen LogP) is 3.11. The lowest BCUT2D eigenvalue weighted by Crippen LogP contribution is -1.78. The Bertz CT molecular complexity index is 460. The largest absolute Gasteiger partial charge is 0.461 e. The summed E-state index contributed by atoms with van der Waals surface area (Å²) >= 11 is 0. The number of fused-ring (bicyclic) bond motifs is 3. The van der Waals surface area contributed by atoms with Crippen molar-refractivity contribution in [1.29, 1.82) is 0 Å². The summed E-state index contributed by atoms with van der Waals surface area (Å²) in [6.07, 6.45) is 8.49. The summed E-state index contributed by atoms with van der Waals surface area (Å²) in [4.78, 5) is 0. The fourth-order valence-corrected chi connectivity index (χ4v) is 1.64. The molecule has 0 N–H and O–H groups in total. The van der Waals surface area contributed by atoms with Crippen LogP contribution in [0.15, 0.2) is 39.6 Å². The van der Waals surface area contributed by atoms with Gasteiger partial charge in [-0.15, -0.1) is 0 Å². The van der Waals surface area contributed by atoms with E-state index in [9.17, 15) is 0 Å². The molecule has 0 fully saturated rings. The van der Waals surface area contributed by atoms with Crippen molar-refractivity contribution < 1.29 is 8.83 Å². The van der Waals surface area contributed by atoms with Crippen LogP contribution in [0.2, 0.25) is 0 Å². The molecule has 13 heavy (non-hydrogen) atoms. The van der Waals surface area contributed by atoms with Crippen LogP contribution in [0, 0.1) is 0 Å². The molecule has 0 spiro atoms. The van der Waals surface area contributed by atoms with Gasteiger partial charge in [0.15, 0.2) is 11.5 Å². The number of allylic oxidation sites excluding steroid dienone is 1. The molecule has 0 aliphatic heterocycles. The summed E-state index contributed by atoms with van der Waals surface area (Å²) in [6.45, 7) is 0. The van der Waals surface area contributed by atoms with Crippen LogP contribution < -0.4 is 0 Å². The second-order valence-electron chi connectivity index (χ2n) is 3.09. The fraction of sp³-hybridized carbons (Fsp3) is 0.0909. The van der Waals surface area contributed by atoms with E-state index in [4.69, 9.17) is 8.83 Å². The summed E-state index contributed by atoms with van der Waals surface area (Å²) in [5.74, 6) is 1.71. The molecule has 2 aromatic heterocycles. The topological polar surface area (TPSA) is 26.3 Å². The van der Waals surface area contributed by atoms with Crippen molar-refractivity contribution in [3.63, 3.8) is 0 Å². The van der Waals surface area contributed by atoms with E-state index in [0.717, 1.165) is 23.5 Å². The van der Waals surface area contributed by atoms with Crippen molar-refractivity contribution in [1.82, 2.24) is 0 Å². The van der Waals surface area contributed by atoms with Crippen molar-refractivity contribution in [2.24, 2.45) is 0 Å². The molecule has 0 saturated heterocycles. The summed E-state index contributed by atoms with van der Waals surface area (Å²) in [5, 5.41) is 0. The molecule has 2 heteroatoms. The first-order valence-electron chi connectivity index (χ1n) is 4.26. The first kappa shape index (κ1) is 6.78. The molecule has 0 aromatic carbocycles. The molecule has 3 rings (SSSR count). The van der Waals surface area contributed by atoms with Crippen LogP contribution in [-0.2, 0) is 6.42 Å². The Morgan fingerprint density at radius 3 is 2.85 bits per heavy atom. The first-order valence-corrected chi connectivity index (χ1v) is 4.26. The highest BCUT2D eigenvalue weighted by atomic mass is 16.4. The maximum absolute atomic E-state index is 5.39. The summed E-state index contributed by atoms with van der Waals surface area (Å²) < 4.78 is 10.8. The van der Waals surface area contributed by atoms with E-state index in [2.05, 4.69) is 12.2 Å². The zero-order valence-electron chi connectivity index (χ0n) is 6.99. The first-order chi connectivity index (χ1) is 6.45. The number of rotatable bonds is 0. The highest BCUT2D eigenvalue weighted by Gasteiger charge is 2.16. The molecule has 0 bridgehead atoms. The van der Waals surface area contributed by atoms with Crippen molar-refractivity contribution in [2.45, 2.75) is 6.42 Å². The second-order valence-corrected chi connectivity index (χ2v) is 3.09. The van der Waals surface area contributed by atoms with Crippen molar-refractivity contribution >= 4 is 6.08 Å². The van der Waals surface area contributed by atoms with E-state index in [-0.39, 0.29) is 0 Å². The minimum atomic E-state index is 0.841. The number of hydrogen-bond donors (Lipinski definition) is 0. The summed E-state index contributed by atoms with van der Waals surface area (Å²) in [7, 11) is 0. The van der Waals surface area contributed by atoms with Crippen molar-refractivity contribution in [2.75, 3.05) is 0 Å². The van der Waals surface area contributed by atoms with Gasteiger partial charge in [-0.05, 0) is 18.6 Å². The van der Waals surface area contributed by atoms with Gasteiger partial charge >= 0.3 is 0 Å². The van der Waals surface area contributed by atoms with Crippen LogP contribution in [0.1, 0.15) is 11.1 Å². The van der Waals surface area contributed by atoms with Gasteiger partial charge < -0.3 is 8.83 Å². The van der Waals surface area contributed by atoms with Gasteiger partial charge in [0.25, 0.3) is 0 Å². The van der Waals surface area contributed by atoms with Gasteiger partial charge in [-0.1, -0.05) is 12.2 Å². The molecule has 1 aliphatic carbocycles. The van der Waals surface area contributed by atoms with Gasteiger partial charge in [-0.3, -0.25) is 0 Å². The average Bonchev–Trinajstić information content (AvgIpc) is 2.72. The van der Waals surface area contributed by atoms with Crippen LogP contribution in [0.25, 0.3) is 17.6 Å². The Labute approximate surface area is 75.5 Å². The predicted molar refractivity (Wildman–Crippen MR) is 49.1 cm³/mol. The van der Waals surface area contributed by atoms with Crippen LogP contribution in [0.4, 0.5) is 0 Å². The Balaban J connectivity index is 2.34. The monoisotopic (exact) mass is 172 g/mol. The maximum atomic E-state index is 5.39. The van der Waals surface area contributed by atoms with E-state index in [1.807, 2.05) is 12.1 Å². The van der Waals surface area contributed by atoms with Gasteiger partial charge in [-0.25, -0.2) is 0 Å². The van der Waals surface area contributed by atoms with Gasteiger partial charge in [0, 0.05) is 11.1 Å². The molecule has 0 amide bonds. The molecular formula is C11H8O2. The van der Waals surface area contributed by atoms with Crippen LogP contribution >= 0.6 is 0 Å². The van der Waals surface area contributed by atoms with E-state index in [0.29, 0.717) is 0 Å². The van der Waals surface area contributed by atoms with E-state index in [1.54, 1.807) is 12.5 Å². The summed E-state index contributed by atoms with van der Waals surface area (Å²) in [6, 6.07) is 3.93. The molecule has 0 radical (unpaired) electrons. The van der Waals surface area contributed by atoms with Crippen LogP contribution in [0.3, 0.4) is 0 Å². The van der Waals surface area contributed by atoms with Crippen molar-refractivity contribution in [3.8, 4) is 11.5 Å². The lowest BCUT2D eigenvalue weighted by Gasteiger charge is -1.94. The van der Waals surface area contributed by atoms with Crippen LogP contribution in [0.5, 0.6) is 0 Å². The van der Waals surface area contributed by atoms with E-state index < -0.39 is 0 Å². The average molecular weight is 172 g/mol. The van der Waals surface area contributed by atoms with Crippen LogP contribution in [-0.4, -0.2) is 0 Å². The molecule has 2 nitrogen and oxygen atoms in total. The molecule has 0 saturated carbocycles. The number of furan rings is 2. The normalized spacial score (nSPS) is 13.5. The molecule has 0 atom stereocenters. The zero-order valence-corrected chi connectivity index (χ0v) is 6.99. The van der Waals surface area contributed by atoms with Gasteiger partial charge in [0.2, 0.25) is 0 Å². The molecule has 0 unspecified atom stereocenters. The van der Waals surface area contributed by atoms with Crippen molar-refractivity contribution in [3.05, 3.63) is 41.9 Å². The maximum Gasteiger partial charge on any atom is 0.176 e. The molecule has 2 aromatic rings. The second kappa shape index (κ2) is 2.39. The smallest absolute Gasteiger partial charge is 0.176 e. The summed E-state index contributed by atoms with van der Waals surface area (Å²) in [5.41, 5.74) is 2.28. The minimum Gasteiger partial charge on any atom is -0.461 e. The Morgan fingerprint density at radius 1 is 1.00 bits per heavy atom. The zero-order chi connectivity index (χ0) is 8.67. The highest BCUT2D eigenvalue weighted by Crippen LogP contribution is 2.32. The van der Waals surface area contributed by atoms with E-state index in [1.165, 1.54) is 5.56 Å². The Kier molecular flexibility index (Phi) is 1.25. The van der Waals surface area contributed by atoms with Gasteiger partial charge in [0.05, 0.1) is 12.5 Å². The third-order valence-electron chi connectivity index (χ3n) is 2.28. The van der Waals surface area contributed by atoms with E-state index >= 15 is 0 Å². The Morgan fingerprint density at radius 2 is 1.85 bits per heavy atom. The molecule has 1 aliphatic rings. The quantitative estimate of drug-likeness (QED) is 0.610. The fourth-order valence-electron chi connectivity index (χ4n) is 1.64. The SMILES string of the molecule is C1=Cc2ccoc2-c2occc2C1. The molecule has 64 valence electrons. The lowest BCUT2D eigenvalue weighted by molar-refractivity contribution is 0.522. The highest BCUT2D eigenvalue weighted by molar-refractivity contribution is 5.71. The molecule has 2 heterocycles. The number of hydrogen-bond acceptors (Lipinski definition) is 2.